The van der Waals surface area contributed by atoms with E-state index in [-0.39, 0.29) is 12.5 Å². The summed E-state index contributed by atoms with van der Waals surface area (Å²) in [5.74, 6) is 2.02. The number of furan rings is 1. The number of hydrogen-bond donors (Lipinski definition) is 1. The average molecular weight is 463 g/mol. The number of fused-ring (bicyclic) bond motifs is 1. The van der Waals surface area contributed by atoms with Crippen LogP contribution in [0.15, 0.2) is 56.9 Å². The van der Waals surface area contributed by atoms with E-state index in [1.165, 1.54) is 4.88 Å². The smallest absolute Gasteiger partial charge is 0.238 e. The van der Waals surface area contributed by atoms with Crippen LogP contribution in [0.4, 0.5) is 5.69 Å². The van der Waals surface area contributed by atoms with Gasteiger partial charge in [-0.2, -0.15) is 0 Å². The number of hydrogen-bond acceptors (Lipinski definition) is 6. The largest absolute Gasteiger partial charge is 0.486 e. The molecule has 0 spiro atoms. The highest BCUT2D eigenvalue weighted by Gasteiger charge is 2.18. The number of anilines is 1. The third-order valence-electron chi connectivity index (χ3n) is 4.19. The van der Waals surface area contributed by atoms with Crippen molar-refractivity contribution in [3.8, 4) is 11.5 Å². The second kappa shape index (κ2) is 8.81. The van der Waals surface area contributed by atoms with Crippen molar-refractivity contribution in [2.24, 2.45) is 0 Å². The third-order valence-corrected chi connectivity index (χ3v) is 5.71. The summed E-state index contributed by atoms with van der Waals surface area (Å²) in [6.45, 7) is 2.49. The van der Waals surface area contributed by atoms with Crippen molar-refractivity contribution in [2.75, 3.05) is 25.1 Å². The van der Waals surface area contributed by atoms with Crippen LogP contribution in [-0.4, -0.2) is 30.6 Å². The SMILES string of the molecule is O=C(CN(Cc1ccco1)Cc1cccs1)Nc1cc2c(cc1Br)OCCO2. The number of amides is 1. The fraction of sp³-hybridized carbons (Fsp3) is 0.250. The quantitative estimate of drug-likeness (QED) is 0.559. The molecular formula is C20H19BrN2O4S. The Hall–Kier alpha value is -2.29. The van der Waals surface area contributed by atoms with E-state index in [9.17, 15) is 4.79 Å². The topological polar surface area (TPSA) is 63.9 Å². The molecule has 4 rings (SSSR count). The lowest BCUT2D eigenvalue weighted by atomic mass is 10.2. The molecule has 1 amide bonds. The first-order valence-corrected chi connectivity index (χ1v) is 10.5. The maximum Gasteiger partial charge on any atom is 0.238 e. The molecule has 2 aromatic heterocycles. The molecule has 1 N–H and O–H groups in total. The van der Waals surface area contributed by atoms with Crippen molar-refractivity contribution < 1.29 is 18.7 Å². The van der Waals surface area contributed by atoms with Gasteiger partial charge in [0, 0.05) is 28.0 Å². The molecule has 0 unspecified atom stereocenters. The van der Waals surface area contributed by atoms with Gasteiger partial charge in [-0.15, -0.1) is 11.3 Å². The summed E-state index contributed by atoms with van der Waals surface area (Å²) >= 11 is 5.16. The molecule has 0 radical (unpaired) electrons. The number of halogens is 1. The molecule has 0 atom stereocenters. The predicted octanol–water partition coefficient (Wildman–Crippen LogP) is 4.52. The molecule has 0 fully saturated rings. The highest BCUT2D eigenvalue weighted by atomic mass is 79.9. The number of carbonyl (C=O) groups is 1. The maximum atomic E-state index is 12.7. The molecule has 1 aromatic carbocycles. The van der Waals surface area contributed by atoms with Gasteiger partial charge >= 0.3 is 0 Å². The van der Waals surface area contributed by atoms with E-state index in [2.05, 4.69) is 27.3 Å². The Morgan fingerprint density at radius 2 is 1.96 bits per heavy atom. The van der Waals surface area contributed by atoms with Gasteiger partial charge in [-0.1, -0.05) is 6.07 Å². The Bertz CT molecular complexity index is 892. The number of thiophene rings is 1. The molecule has 0 saturated carbocycles. The Morgan fingerprint density at radius 1 is 1.14 bits per heavy atom. The molecule has 3 heterocycles. The van der Waals surface area contributed by atoms with Crippen molar-refractivity contribution in [3.63, 3.8) is 0 Å². The van der Waals surface area contributed by atoms with E-state index in [4.69, 9.17) is 13.9 Å². The van der Waals surface area contributed by atoms with E-state index < -0.39 is 0 Å². The first-order valence-electron chi connectivity index (χ1n) is 8.83. The first kappa shape index (κ1) is 19.0. The van der Waals surface area contributed by atoms with Crippen molar-refractivity contribution in [1.82, 2.24) is 4.90 Å². The Balaban J connectivity index is 1.45. The summed E-state index contributed by atoms with van der Waals surface area (Å²) in [7, 11) is 0. The van der Waals surface area contributed by atoms with Crippen molar-refractivity contribution in [1.29, 1.82) is 0 Å². The number of nitrogens with one attached hydrogen (secondary N) is 1. The summed E-state index contributed by atoms with van der Waals surface area (Å²) in [5.41, 5.74) is 0.656. The second-order valence-corrected chi connectivity index (χ2v) is 8.21. The Morgan fingerprint density at radius 3 is 2.68 bits per heavy atom. The minimum absolute atomic E-state index is 0.111. The van der Waals surface area contributed by atoms with Crippen LogP contribution in [0.1, 0.15) is 10.6 Å². The zero-order valence-electron chi connectivity index (χ0n) is 15.0. The van der Waals surface area contributed by atoms with Crippen LogP contribution in [0.2, 0.25) is 0 Å². The maximum absolute atomic E-state index is 12.7. The molecule has 0 saturated heterocycles. The van der Waals surface area contributed by atoms with Crippen LogP contribution in [0.3, 0.4) is 0 Å². The van der Waals surface area contributed by atoms with Crippen molar-refractivity contribution in [2.45, 2.75) is 13.1 Å². The molecule has 0 bridgehead atoms. The average Bonchev–Trinajstić information content (AvgIpc) is 3.36. The third kappa shape index (κ3) is 4.76. The lowest BCUT2D eigenvalue weighted by Crippen LogP contribution is -2.32. The van der Waals surface area contributed by atoms with Crippen LogP contribution in [-0.2, 0) is 17.9 Å². The van der Waals surface area contributed by atoms with Gasteiger partial charge in [0.1, 0.15) is 19.0 Å². The lowest BCUT2D eigenvalue weighted by Gasteiger charge is -2.22. The van der Waals surface area contributed by atoms with Gasteiger partial charge in [0.2, 0.25) is 5.91 Å². The lowest BCUT2D eigenvalue weighted by molar-refractivity contribution is -0.117. The summed E-state index contributed by atoms with van der Waals surface area (Å²) < 4.78 is 17.4. The van der Waals surface area contributed by atoms with Crippen LogP contribution in [0.25, 0.3) is 0 Å². The highest BCUT2D eigenvalue weighted by Crippen LogP contribution is 2.38. The molecule has 8 heteroatoms. The summed E-state index contributed by atoms with van der Waals surface area (Å²) in [6.07, 6.45) is 1.64. The summed E-state index contributed by atoms with van der Waals surface area (Å²) in [6, 6.07) is 11.4. The van der Waals surface area contributed by atoms with E-state index >= 15 is 0 Å². The molecule has 146 valence electrons. The normalized spacial score (nSPS) is 12.9. The van der Waals surface area contributed by atoms with Gasteiger partial charge in [-0.3, -0.25) is 9.69 Å². The van der Waals surface area contributed by atoms with Gasteiger partial charge < -0.3 is 19.2 Å². The van der Waals surface area contributed by atoms with Crippen LogP contribution in [0.5, 0.6) is 11.5 Å². The van der Waals surface area contributed by atoms with Crippen LogP contribution >= 0.6 is 27.3 Å². The Labute approximate surface area is 175 Å². The standard InChI is InChI=1S/C20H19BrN2O4S/c21-16-9-18-19(27-7-6-26-18)10-17(16)22-20(24)13-23(11-14-3-1-5-25-14)12-15-4-2-8-28-15/h1-5,8-10H,6-7,11-13H2,(H,22,24). The minimum Gasteiger partial charge on any atom is -0.486 e. The highest BCUT2D eigenvalue weighted by molar-refractivity contribution is 9.10. The van der Waals surface area contributed by atoms with Crippen molar-refractivity contribution in [3.05, 3.63) is 63.2 Å². The number of carbonyl (C=O) groups excluding carboxylic acids is 1. The fourth-order valence-electron chi connectivity index (χ4n) is 2.97. The number of rotatable bonds is 7. The Kier molecular flexibility index (Phi) is 5.99. The predicted molar refractivity (Wildman–Crippen MR) is 111 cm³/mol. The molecule has 3 aromatic rings. The fourth-order valence-corrected chi connectivity index (χ4v) is 4.13. The molecule has 1 aliphatic heterocycles. The monoisotopic (exact) mass is 462 g/mol. The van der Waals surface area contributed by atoms with Crippen LogP contribution < -0.4 is 14.8 Å². The zero-order valence-corrected chi connectivity index (χ0v) is 17.4. The second-order valence-electron chi connectivity index (χ2n) is 6.33. The van der Waals surface area contributed by atoms with E-state index in [1.54, 1.807) is 23.7 Å². The zero-order chi connectivity index (χ0) is 19.3. The minimum atomic E-state index is -0.111. The van der Waals surface area contributed by atoms with Crippen molar-refractivity contribution >= 4 is 38.9 Å². The van der Waals surface area contributed by atoms with Gasteiger partial charge in [0.25, 0.3) is 0 Å². The summed E-state index contributed by atoms with van der Waals surface area (Å²) in [5, 5.41) is 4.99. The molecule has 28 heavy (non-hydrogen) atoms. The van der Waals surface area contributed by atoms with Gasteiger partial charge in [0.05, 0.1) is 25.0 Å². The van der Waals surface area contributed by atoms with E-state index in [0.717, 1.165) is 10.2 Å². The number of benzene rings is 1. The molecule has 1 aliphatic rings. The van der Waals surface area contributed by atoms with Gasteiger partial charge in [0.15, 0.2) is 11.5 Å². The van der Waals surface area contributed by atoms with Gasteiger partial charge in [-0.05, 0) is 39.5 Å². The number of nitrogens with zero attached hydrogens (tertiary/aromatic N) is 1. The van der Waals surface area contributed by atoms with Crippen LogP contribution in [0, 0.1) is 0 Å². The summed E-state index contributed by atoms with van der Waals surface area (Å²) in [4.78, 5) is 16.0. The number of ether oxygens (including phenoxy) is 2. The van der Waals surface area contributed by atoms with E-state index in [0.29, 0.717) is 43.5 Å². The van der Waals surface area contributed by atoms with E-state index in [1.807, 2.05) is 34.5 Å². The molecular weight excluding hydrogens is 444 g/mol. The van der Waals surface area contributed by atoms with Gasteiger partial charge in [-0.25, -0.2) is 0 Å². The first-order chi connectivity index (χ1) is 13.7. The molecule has 0 aliphatic carbocycles. The molecule has 6 nitrogen and oxygen atoms in total.